The van der Waals surface area contributed by atoms with Crippen LogP contribution in [0, 0.1) is 5.82 Å². The summed E-state index contributed by atoms with van der Waals surface area (Å²) in [5, 5.41) is 3.59. The summed E-state index contributed by atoms with van der Waals surface area (Å²) in [6.45, 7) is 4.28. The van der Waals surface area contributed by atoms with Crippen molar-refractivity contribution in [3.8, 4) is 0 Å². The van der Waals surface area contributed by atoms with E-state index in [1.165, 1.54) is 12.0 Å². The molecule has 0 unspecified atom stereocenters. The summed E-state index contributed by atoms with van der Waals surface area (Å²) in [6, 6.07) is 7.01. The molecule has 1 aromatic rings. The summed E-state index contributed by atoms with van der Waals surface area (Å²) in [5.74, 6) is 0.792. The third kappa shape index (κ3) is 6.52. The molecule has 1 saturated heterocycles. The Kier molecular flexibility index (Phi) is 10.1. The molecule has 1 aliphatic carbocycles. The maximum Gasteiger partial charge on any atom is 0.193 e. The normalized spacial score (nSPS) is 19.4. The number of aliphatic imine (C=N–C) groups is 1. The van der Waals surface area contributed by atoms with Gasteiger partial charge in [0.2, 0.25) is 0 Å². The van der Waals surface area contributed by atoms with E-state index in [4.69, 9.17) is 9.47 Å². The Bertz CT molecular complexity index is 629. The van der Waals surface area contributed by atoms with Gasteiger partial charge in [-0.3, -0.25) is 4.99 Å². The van der Waals surface area contributed by atoms with Crippen LogP contribution in [0.2, 0.25) is 0 Å². The number of hydrogen-bond acceptors (Lipinski definition) is 3. The van der Waals surface area contributed by atoms with E-state index in [0.29, 0.717) is 6.10 Å². The zero-order valence-electron chi connectivity index (χ0n) is 17.7. The number of guanidine groups is 1. The van der Waals surface area contributed by atoms with Crippen LogP contribution in [-0.2, 0) is 14.9 Å². The van der Waals surface area contributed by atoms with Crippen molar-refractivity contribution in [1.82, 2.24) is 10.2 Å². The molecule has 164 valence electrons. The predicted octanol–water partition coefficient (Wildman–Crippen LogP) is 3.96. The maximum atomic E-state index is 13.3. The highest BCUT2D eigenvalue weighted by Crippen LogP contribution is 2.43. The topological polar surface area (TPSA) is 46.1 Å². The van der Waals surface area contributed by atoms with Crippen LogP contribution in [0.5, 0.6) is 0 Å². The van der Waals surface area contributed by atoms with E-state index in [-0.39, 0.29) is 35.2 Å². The molecule has 0 amide bonds. The second kappa shape index (κ2) is 12.1. The lowest BCUT2D eigenvalue weighted by molar-refractivity contribution is 0.00982. The molecule has 5 nitrogen and oxygen atoms in total. The molecule has 0 radical (unpaired) electrons. The van der Waals surface area contributed by atoms with E-state index < -0.39 is 0 Å². The SMILES string of the molecule is CN=C(NCC1(c2ccc(F)cc2)CCC1)N1CCC(OCCCOC)CC1.I. The zero-order valence-corrected chi connectivity index (χ0v) is 20.0. The summed E-state index contributed by atoms with van der Waals surface area (Å²) in [6.07, 6.45) is 6.84. The number of methoxy groups -OCH3 is 1. The number of likely N-dealkylation sites (tertiary alicyclic amines) is 1. The van der Waals surface area contributed by atoms with Gasteiger partial charge < -0.3 is 19.7 Å². The van der Waals surface area contributed by atoms with Gasteiger partial charge in [-0.1, -0.05) is 18.6 Å². The Morgan fingerprint density at radius 2 is 1.90 bits per heavy atom. The Morgan fingerprint density at radius 1 is 1.21 bits per heavy atom. The van der Waals surface area contributed by atoms with E-state index in [1.807, 2.05) is 19.2 Å². The van der Waals surface area contributed by atoms with E-state index >= 15 is 0 Å². The van der Waals surface area contributed by atoms with Crippen LogP contribution >= 0.6 is 24.0 Å². The molecule has 3 rings (SSSR count). The molecule has 0 aromatic heterocycles. The van der Waals surface area contributed by atoms with Crippen LogP contribution in [0.15, 0.2) is 29.3 Å². The Hall–Kier alpha value is -0.930. The van der Waals surface area contributed by atoms with Crippen molar-refractivity contribution in [3.63, 3.8) is 0 Å². The summed E-state index contributed by atoms with van der Waals surface area (Å²) < 4.78 is 24.3. The predicted molar refractivity (Wildman–Crippen MR) is 126 cm³/mol. The first-order valence-electron chi connectivity index (χ1n) is 10.5. The molecule has 2 aliphatic rings. The first-order chi connectivity index (χ1) is 13.7. The van der Waals surface area contributed by atoms with Gasteiger partial charge in [0.1, 0.15) is 5.82 Å². The van der Waals surface area contributed by atoms with Crippen molar-refractivity contribution < 1.29 is 13.9 Å². The van der Waals surface area contributed by atoms with E-state index in [0.717, 1.165) is 70.9 Å². The number of nitrogens with one attached hydrogen (secondary N) is 1. The summed E-state index contributed by atoms with van der Waals surface area (Å²) in [4.78, 5) is 6.83. The average molecular weight is 519 g/mol. The van der Waals surface area contributed by atoms with Gasteiger partial charge in [0.15, 0.2) is 5.96 Å². The van der Waals surface area contributed by atoms with Crippen LogP contribution in [0.4, 0.5) is 4.39 Å². The fourth-order valence-corrected chi connectivity index (χ4v) is 4.24. The molecule has 2 fully saturated rings. The summed E-state index contributed by atoms with van der Waals surface area (Å²) in [5.41, 5.74) is 1.33. The van der Waals surface area contributed by atoms with Crippen molar-refractivity contribution in [2.24, 2.45) is 4.99 Å². The lowest BCUT2D eigenvalue weighted by atomic mass is 9.64. The van der Waals surface area contributed by atoms with Gasteiger partial charge in [0, 0.05) is 52.4 Å². The summed E-state index contributed by atoms with van der Waals surface area (Å²) in [7, 11) is 3.57. The lowest BCUT2D eigenvalue weighted by Crippen LogP contribution is -2.52. The smallest absolute Gasteiger partial charge is 0.193 e. The zero-order chi connectivity index (χ0) is 19.8. The van der Waals surface area contributed by atoms with Crippen LogP contribution in [-0.4, -0.2) is 64.0 Å². The molecular formula is C22H35FIN3O2. The number of nitrogens with zero attached hydrogens (tertiary/aromatic N) is 2. The average Bonchev–Trinajstić information content (AvgIpc) is 2.69. The quantitative estimate of drug-likeness (QED) is 0.245. The first-order valence-corrected chi connectivity index (χ1v) is 10.5. The molecule has 1 N–H and O–H groups in total. The van der Waals surface area contributed by atoms with Gasteiger partial charge in [-0.25, -0.2) is 4.39 Å². The van der Waals surface area contributed by atoms with Gasteiger partial charge in [0.25, 0.3) is 0 Å². The summed E-state index contributed by atoms with van der Waals surface area (Å²) >= 11 is 0. The van der Waals surface area contributed by atoms with Crippen molar-refractivity contribution in [2.75, 3.05) is 47.0 Å². The highest BCUT2D eigenvalue weighted by atomic mass is 127. The molecule has 1 aromatic carbocycles. The van der Waals surface area contributed by atoms with E-state index in [1.54, 1.807) is 19.2 Å². The lowest BCUT2D eigenvalue weighted by Gasteiger charge is -2.44. The van der Waals surface area contributed by atoms with Crippen LogP contribution in [0.1, 0.15) is 44.1 Å². The van der Waals surface area contributed by atoms with E-state index in [9.17, 15) is 4.39 Å². The highest BCUT2D eigenvalue weighted by molar-refractivity contribution is 14.0. The van der Waals surface area contributed by atoms with Crippen molar-refractivity contribution in [1.29, 1.82) is 0 Å². The minimum atomic E-state index is -0.172. The molecule has 7 heteroatoms. The van der Waals surface area contributed by atoms with E-state index in [2.05, 4.69) is 15.2 Å². The van der Waals surface area contributed by atoms with Crippen molar-refractivity contribution in [3.05, 3.63) is 35.6 Å². The molecule has 1 aliphatic heterocycles. The maximum absolute atomic E-state index is 13.3. The number of ether oxygens (including phenoxy) is 2. The molecular weight excluding hydrogens is 484 g/mol. The van der Waals surface area contributed by atoms with Crippen molar-refractivity contribution >= 4 is 29.9 Å². The highest BCUT2D eigenvalue weighted by Gasteiger charge is 2.39. The minimum Gasteiger partial charge on any atom is -0.385 e. The Balaban J connectivity index is 0.00000300. The largest absolute Gasteiger partial charge is 0.385 e. The van der Waals surface area contributed by atoms with Gasteiger partial charge in [-0.2, -0.15) is 0 Å². The fourth-order valence-electron chi connectivity index (χ4n) is 4.24. The number of rotatable bonds is 8. The fraction of sp³-hybridized carbons (Fsp3) is 0.682. The van der Waals surface area contributed by atoms with Gasteiger partial charge in [0.05, 0.1) is 6.10 Å². The Labute approximate surface area is 191 Å². The third-order valence-electron chi connectivity index (χ3n) is 6.15. The number of hydrogen-bond donors (Lipinski definition) is 1. The van der Waals surface area contributed by atoms with Crippen molar-refractivity contribution in [2.45, 2.75) is 50.0 Å². The molecule has 29 heavy (non-hydrogen) atoms. The molecule has 0 bridgehead atoms. The minimum absolute atomic E-state index is 0. The number of halogens is 2. The van der Waals surface area contributed by atoms with Gasteiger partial charge >= 0.3 is 0 Å². The first kappa shape index (κ1) is 24.3. The third-order valence-corrected chi connectivity index (χ3v) is 6.15. The standard InChI is InChI=1S/C22H34FN3O2.HI/c1-24-21(26-13-9-20(10-14-26)28-16-4-15-27-2)25-17-22(11-3-12-22)18-5-7-19(23)8-6-18;/h5-8,20H,3-4,9-17H2,1-2H3,(H,24,25);1H. The molecule has 0 atom stereocenters. The Morgan fingerprint density at radius 3 is 2.45 bits per heavy atom. The molecule has 1 saturated carbocycles. The van der Waals surface area contributed by atoms with Gasteiger partial charge in [-0.15, -0.1) is 24.0 Å². The molecule has 0 spiro atoms. The van der Waals surface area contributed by atoms with Crippen LogP contribution in [0.3, 0.4) is 0 Å². The number of piperidine rings is 1. The van der Waals surface area contributed by atoms with Gasteiger partial charge in [-0.05, 0) is 49.8 Å². The second-order valence-electron chi connectivity index (χ2n) is 7.95. The van der Waals surface area contributed by atoms with Crippen LogP contribution in [0.25, 0.3) is 0 Å². The van der Waals surface area contributed by atoms with Crippen LogP contribution < -0.4 is 5.32 Å². The number of benzene rings is 1. The molecule has 1 heterocycles. The second-order valence-corrected chi connectivity index (χ2v) is 7.95. The monoisotopic (exact) mass is 519 g/mol.